The fourth-order valence-corrected chi connectivity index (χ4v) is 2.13. The predicted octanol–water partition coefficient (Wildman–Crippen LogP) is 4.71. The SMILES string of the molecule is Nc1cc(I)c(F)cc1Oc1ccc(Br)cc1F. The number of hydrogen-bond donors (Lipinski definition) is 1. The minimum atomic E-state index is -0.553. The van der Waals surface area contributed by atoms with E-state index in [1.54, 1.807) is 6.07 Å². The normalized spacial score (nSPS) is 10.4. The van der Waals surface area contributed by atoms with Gasteiger partial charge in [-0.1, -0.05) is 15.9 Å². The van der Waals surface area contributed by atoms with Gasteiger partial charge in [0.25, 0.3) is 0 Å². The highest BCUT2D eigenvalue weighted by Crippen LogP contribution is 2.32. The number of nitrogens with two attached hydrogens (primary N) is 1. The van der Waals surface area contributed by atoms with Gasteiger partial charge in [-0.25, -0.2) is 8.78 Å². The molecule has 0 unspecified atom stereocenters. The fourth-order valence-electron chi connectivity index (χ4n) is 1.31. The number of halogens is 4. The molecule has 2 rings (SSSR count). The highest BCUT2D eigenvalue weighted by Gasteiger charge is 2.11. The van der Waals surface area contributed by atoms with E-state index in [4.69, 9.17) is 10.5 Å². The molecule has 0 saturated carbocycles. The maximum atomic E-state index is 13.6. The van der Waals surface area contributed by atoms with E-state index in [0.717, 1.165) is 6.07 Å². The first-order valence-electron chi connectivity index (χ1n) is 4.85. The predicted molar refractivity (Wildman–Crippen MR) is 77.7 cm³/mol. The van der Waals surface area contributed by atoms with Crippen LogP contribution in [-0.4, -0.2) is 0 Å². The molecule has 2 N–H and O–H groups in total. The minimum Gasteiger partial charge on any atom is -0.452 e. The minimum absolute atomic E-state index is 0.00879. The van der Waals surface area contributed by atoms with Gasteiger partial charge < -0.3 is 10.5 Å². The van der Waals surface area contributed by atoms with Crippen molar-refractivity contribution < 1.29 is 13.5 Å². The van der Waals surface area contributed by atoms with Gasteiger partial charge >= 0.3 is 0 Å². The summed E-state index contributed by atoms with van der Waals surface area (Å²) in [6.07, 6.45) is 0. The largest absolute Gasteiger partial charge is 0.452 e. The van der Waals surface area contributed by atoms with Crippen LogP contribution < -0.4 is 10.5 Å². The standard InChI is InChI=1S/C12H7BrF2INO/c13-6-1-2-11(8(15)3-6)18-12-4-7(14)9(16)5-10(12)17/h1-5H,17H2. The lowest BCUT2D eigenvalue weighted by atomic mass is 10.3. The Hall–Kier alpha value is -0.890. The Labute approximate surface area is 124 Å². The van der Waals surface area contributed by atoms with E-state index < -0.39 is 11.6 Å². The van der Waals surface area contributed by atoms with Crippen molar-refractivity contribution in [2.75, 3.05) is 5.73 Å². The molecule has 0 bridgehead atoms. The molecular formula is C12H7BrF2INO. The summed E-state index contributed by atoms with van der Waals surface area (Å²) < 4.78 is 33.2. The van der Waals surface area contributed by atoms with Gasteiger partial charge in [-0.3, -0.25) is 0 Å². The van der Waals surface area contributed by atoms with Crippen molar-refractivity contribution in [3.05, 3.63) is 50.0 Å². The Kier molecular flexibility index (Phi) is 4.06. The second-order valence-corrected chi connectivity index (χ2v) is 5.56. The summed E-state index contributed by atoms with van der Waals surface area (Å²) >= 11 is 4.95. The quantitative estimate of drug-likeness (QED) is 0.558. The van der Waals surface area contributed by atoms with Crippen molar-refractivity contribution in [3.8, 4) is 11.5 Å². The molecule has 0 amide bonds. The van der Waals surface area contributed by atoms with Crippen LogP contribution in [0.4, 0.5) is 14.5 Å². The van der Waals surface area contributed by atoms with Crippen LogP contribution in [0.5, 0.6) is 11.5 Å². The smallest absolute Gasteiger partial charge is 0.166 e. The number of rotatable bonds is 2. The zero-order chi connectivity index (χ0) is 13.3. The number of nitrogen functional groups attached to an aromatic ring is 1. The van der Waals surface area contributed by atoms with Crippen LogP contribution in [0.15, 0.2) is 34.8 Å². The third kappa shape index (κ3) is 2.92. The van der Waals surface area contributed by atoms with Gasteiger partial charge in [-0.2, -0.15) is 0 Å². The summed E-state index contributed by atoms with van der Waals surface area (Å²) in [6.45, 7) is 0. The van der Waals surface area contributed by atoms with Crippen molar-refractivity contribution in [2.45, 2.75) is 0 Å². The molecule has 0 aliphatic rings. The molecular weight excluding hydrogens is 419 g/mol. The van der Waals surface area contributed by atoms with Crippen molar-refractivity contribution in [3.63, 3.8) is 0 Å². The molecule has 0 saturated heterocycles. The number of anilines is 1. The van der Waals surface area contributed by atoms with Crippen LogP contribution in [0.3, 0.4) is 0 Å². The average molecular weight is 426 g/mol. The molecule has 0 radical (unpaired) electrons. The van der Waals surface area contributed by atoms with Crippen LogP contribution in [0.25, 0.3) is 0 Å². The number of ether oxygens (including phenoxy) is 1. The molecule has 0 fully saturated rings. The molecule has 0 atom stereocenters. The van der Waals surface area contributed by atoms with Crippen LogP contribution in [0.1, 0.15) is 0 Å². The van der Waals surface area contributed by atoms with E-state index in [2.05, 4.69) is 15.9 Å². The molecule has 2 aromatic rings. The van der Waals surface area contributed by atoms with Gasteiger partial charge in [0.05, 0.1) is 9.26 Å². The topological polar surface area (TPSA) is 35.2 Å². The Balaban J connectivity index is 2.37. The number of hydrogen-bond acceptors (Lipinski definition) is 2. The fraction of sp³-hybridized carbons (Fsp3) is 0. The Bertz CT molecular complexity index is 607. The summed E-state index contributed by atoms with van der Waals surface area (Å²) in [7, 11) is 0. The second kappa shape index (κ2) is 5.40. The maximum Gasteiger partial charge on any atom is 0.166 e. The van der Waals surface area contributed by atoms with E-state index in [-0.39, 0.29) is 17.2 Å². The Morgan fingerprint density at radius 1 is 1.06 bits per heavy atom. The first kappa shape index (κ1) is 13.5. The molecule has 18 heavy (non-hydrogen) atoms. The zero-order valence-electron chi connectivity index (χ0n) is 8.88. The van der Waals surface area contributed by atoms with E-state index in [0.29, 0.717) is 8.04 Å². The van der Waals surface area contributed by atoms with Crippen LogP contribution >= 0.6 is 38.5 Å². The monoisotopic (exact) mass is 425 g/mol. The summed E-state index contributed by atoms with van der Waals surface area (Å²) in [5, 5.41) is 0. The van der Waals surface area contributed by atoms with Gasteiger partial charge in [0.2, 0.25) is 0 Å². The molecule has 2 nitrogen and oxygen atoms in total. The van der Waals surface area contributed by atoms with Gasteiger partial charge in [0, 0.05) is 10.5 Å². The molecule has 2 aromatic carbocycles. The first-order valence-corrected chi connectivity index (χ1v) is 6.72. The highest BCUT2D eigenvalue weighted by atomic mass is 127. The second-order valence-electron chi connectivity index (χ2n) is 3.48. The number of benzene rings is 2. The van der Waals surface area contributed by atoms with Crippen molar-refractivity contribution in [2.24, 2.45) is 0 Å². The third-order valence-electron chi connectivity index (χ3n) is 2.17. The molecule has 0 aromatic heterocycles. The lowest BCUT2D eigenvalue weighted by Crippen LogP contribution is -1.96. The summed E-state index contributed by atoms with van der Waals surface area (Å²) in [5.74, 6) is -0.931. The molecule has 6 heteroatoms. The van der Waals surface area contributed by atoms with Crippen LogP contribution in [0, 0.1) is 15.2 Å². The van der Waals surface area contributed by atoms with Gasteiger partial charge in [-0.05, 0) is 46.9 Å². The van der Waals surface area contributed by atoms with E-state index in [9.17, 15) is 8.78 Å². The van der Waals surface area contributed by atoms with Crippen LogP contribution in [-0.2, 0) is 0 Å². The Morgan fingerprint density at radius 2 is 1.78 bits per heavy atom. The molecule has 0 spiro atoms. The lowest BCUT2D eigenvalue weighted by Gasteiger charge is -2.10. The summed E-state index contributed by atoms with van der Waals surface area (Å²) in [5.41, 5.74) is 5.94. The molecule has 0 aliphatic carbocycles. The van der Waals surface area contributed by atoms with Gasteiger partial charge in [0.1, 0.15) is 5.82 Å². The van der Waals surface area contributed by atoms with Gasteiger partial charge in [0.15, 0.2) is 17.3 Å². The van der Waals surface area contributed by atoms with Crippen LogP contribution in [0.2, 0.25) is 0 Å². The highest BCUT2D eigenvalue weighted by molar-refractivity contribution is 14.1. The van der Waals surface area contributed by atoms with Crippen molar-refractivity contribution >= 4 is 44.2 Å². The lowest BCUT2D eigenvalue weighted by molar-refractivity contribution is 0.440. The summed E-state index contributed by atoms with van der Waals surface area (Å²) in [6, 6.07) is 6.89. The zero-order valence-corrected chi connectivity index (χ0v) is 12.6. The maximum absolute atomic E-state index is 13.6. The van der Waals surface area contributed by atoms with E-state index in [1.807, 2.05) is 22.6 Å². The molecule has 94 valence electrons. The van der Waals surface area contributed by atoms with Crippen molar-refractivity contribution in [1.82, 2.24) is 0 Å². The average Bonchev–Trinajstić information content (AvgIpc) is 2.29. The molecule has 0 heterocycles. The molecule has 0 aliphatic heterocycles. The van der Waals surface area contributed by atoms with Crippen molar-refractivity contribution in [1.29, 1.82) is 0 Å². The van der Waals surface area contributed by atoms with E-state index >= 15 is 0 Å². The van der Waals surface area contributed by atoms with E-state index in [1.165, 1.54) is 18.2 Å². The third-order valence-corrected chi connectivity index (χ3v) is 3.49. The Morgan fingerprint density at radius 3 is 2.44 bits per heavy atom. The van der Waals surface area contributed by atoms with Gasteiger partial charge in [-0.15, -0.1) is 0 Å². The summed E-state index contributed by atoms with van der Waals surface area (Å²) in [4.78, 5) is 0. The first-order chi connectivity index (χ1) is 8.47.